The van der Waals surface area contributed by atoms with Gasteiger partial charge in [0.1, 0.15) is 5.76 Å². The zero-order chi connectivity index (χ0) is 35.8. The van der Waals surface area contributed by atoms with E-state index >= 15 is 0 Å². The summed E-state index contributed by atoms with van der Waals surface area (Å²) in [5, 5.41) is 4.10. The molecule has 0 bridgehead atoms. The van der Waals surface area contributed by atoms with Crippen molar-refractivity contribution < 1.29 is 32.7 Å². The van der Waals surface area contributed by atoms with Crippen LogP contribution in [0.4, 0.5) is 0 Å². The molecule has 0 unspecified atom stereocenters. The number of ether oxygens (including phenoxy) is 1. The molecular weight excluding hydrogens is 664 g/mol. The Labute approximate surface area is 302 Å². The molecule has 4 aromatic rings. The number of piperidine rings is 1. The average molecular weight is 711 g/mol. The Morgan fingerprint density at radius 1 is 0.942 bits per heavy atom. The lowest BCUT2D eigenvalue weighted by Crippen LogP contribution is -2.66. The monoisotopic (exact) mass is 710 g/mol. The summed E-state index contributed by atoms with van der Waals surface area (Å²) in [6.07, 6.45) is 4.58. The van der Waals surface area contributed by atoms with E-state index < -0.39 is 17.4 Å². The standard InChI is InChI=1S/C39H46N6O7/c1-2-39-30(37(48)43-13-15-44(16-14-43)38(49)33-6-4-20-52-33)23-27(25-34(46)40-10-12-42-17-21-50-22-18-42)36(47)45(39)11-9-29-28-8-7-26(32-5-3-19-51-32)24-31(28)41-35(29)39/h3-8,19-20,24,27,30,41H,2,9-18,21-23,25H2,1H3,(H,40,46)/t27-,30-,39+/m1/s1. The molecule has 3 saturated heterocycles. The highest BCUT2D eigenvalue weighted by Crippen LogP contribution is 2.52. The summed E-state index contributed by atoms with van der Waals surface area (Å²) in [6, 6.07) is 13.3. The molecule has 0 radical (unpaired) electrons. The number of carbonyl (C=O) groups excluding carboxylic acids is 4. The molecule has 0 aliphatic carbocycles. The van der Waals surface area contributed by atoms with Gasteiger partial charge in [-0.3, -0.25) is 24.1 Å². The molecule has 4 aliphatic rings. The largest absolute Gasteiger partial charge is 0.464 e. The van der Waals surface area contributed by atoms with Crippen molar-refractivity contribution in [1.82, 2.24) is 29.9 Å². The van der Waals surface area contributed by atoms with E-state index in [1.54, 1.807) is 23.3 Å². The first-order valence-corrected chi connectivity index (χ1v) is 18.6. The average Bonchev–Trinajstić information content (AvgIpc) is 3.98. The third kappa shape index (κ3) is 6.09. The van der Waals surface area contributed by atoms with E-state index in [0.29, 0.717) is 65.3 Å². The maximum Gasteiger partial charge on any atom is 0.289 e. The molecule has 2 N–H and O–H groups in total. The van der Waals surface area contributed by atoms with Crippen LogP contribution in [0, 0.1) is 11.8 Å². The molecule has 4 amide bonds. The highest BCUT2D eigenvalue weighted by Gasteiger charge is 2.59. The number of hydrogen-bond donors (Lipinski definition) is 2. The lowest BCUT2D eigenvalue weighted by Gasteiger charge is -2.56. The van der Waals surface area contributed by atoms with Crippen molar-refractivity contribution in [3.05, 3.63) is 72.0 Å². The summed E-state index contributed by atoms with van der Waals surface area (Å²) in [7, 11) is 0. The second-order valence-electron chi connectivity index (χ2n) is 14.3. The molecule has 1 aromatic carbocycles. The van der Waals surface area contributed by atoms with E-state index in [4.69, 9.17) is 13.6 Å². The van der Waals surface area contributed by atoms with Gasteiger partial charge in [0.2, 0.25) is 17.7 Å². The number of hydrogen-bond acceptors (Lipinski definition) is 8. The highest BCUT2D eigenvalue weighted by molar-refractivity contribution is 5.94. The Balaban J connectivity index is 1.08. The molecule has 3 atom stereocenters. The van der Waals surface area contributed by atoms with Gasteiger partial charge in [-0.2, -0.15) is 0 Å². The van der Waals surface area contributed by atoms with Crippen LogP contribution in [-0.4, -0.2) is 120 Å². The number of aromatic amines is 1. The second kappa shape index (κ2) is 14.3. The Kier molecular flexibility index (Phi) is 9.39. The van der Waals surface area contributed by atoms with Crippen LogP contribution in [0.3, 0.4) is 0 Å². The molecule has 13 nitrogen and oxygen atoms in total. The number of furan rings is 2. The number of amides is 4. The molecule has 13 heteroatoms. The number of benzene rings is 1. The first-order chi connectivity index (χ1) is 25.4. The predicted octanol–water partition coefficient (Wildman–Crippen LogP) is 3.47. The maximum atomic E-state index is 14.9. The van der Waals surface area contributed by atoms with Gasteiger partial charge in [0, 0.05) is 93.4 Å². The topological polar surface area (TPSA) is 145 Å². The van der Waals surface area contributed by atoms with Gasteiger partial charge in [-0.15, -0.1) is 0 Å². The molecular formula is C39H46N6O7. The number of aromatic nitrogens is 1. The van der Waals surface area contributed by atoms with Crippen LogP contribution in [0.15, 0.2) is 63.8 Å². The van der Waals surface area contributed by atoms with E-state index in [-0.39, 0.29) is 42.2 Å². The first-order valence-electron chi connectivity index (χ1n) is 18.6. The maximum absolute atomic E-state index is 14.9. The van der Waals surface area contributed by atoms with Crippen LogP contribution in [0.2, 0.25) is 0 Å². The van der Waals surface area contributed by atoms with E-state index in [1.807, 2.05) is 34.9 Å². The molecule has 7 heterocycles. The number of fused-ring (bicyclic) bond motifs is 5. The van der Waals surface area contributed by atoms with Crippen LogP contribution >= 0.6 is 0 Å². The van der Waals surface area contributed by atoms with Gasteiger partial charge in [0.05, 0.1) is 37.2 Å². The fourth-order valence-corrected chi connectivity index (χ4v) is 8.98. The summed E-state index contributed by atoms with van der Waals surface area (Å²) in [5.41, 5.74) is 2.97. The zero-order valence-corrected chi connectivity index (χ0v) is 29.6. The highest BCUT2D eigenvalue weighted by atomic mass is 16.5. The van der Waals surface area contributed by atoms with E-state index in [9.17, 15) is 19.2 Å². The Bertz CT molecular complexity index is 1920. The molecule has 52 heavy (non-hydrogen) atoms. The third-order valence-electron chi connectivity index (χ3n) is 11.7. The van der Waals surface area contributed by atoms with Crippen molar-refractivity contribution in [3.8, 4) is 11.3 Å². The molecule has 0 saturated carbocycles. The van der Waals surface area contributed by atoms with Crippen LogP contribution in [-0.2, 0) is 31.1 Å². The summed E-state index contributed by atoms with van der Waals surface area (Å²) in [5.74, 6) is -0.686. The third-order valence-corrected chi connectivity index (χ3v) is 11.7. The van der Waals surface area contributed by atoms with Crippen molar-refractivity contribution in [2.24, 2.45) is 11.8 Å². The van der Waals surface area contributed by atoms with Gasteiger partial charge in [0.25, 0.3) is 5.91 Å². The Hall–Kier alpha value is -4.88. The van der Waals surface area contributed by atoms with E-state index in [2.05, 4.69) is 27.3 Å². The van der Waals surface area contributed by atoms with E-state index in [0.717, 1.165) is 53.1 Å². The SMILES string of the molecule is CC[C@]12c3[nH]c4cc(-c5ccco5)ccc4c3CCN1C(=O)[C@@H](CC(=O)NCCN1CCOCC1)C[C@@H]2C(=O)N1CCN(C(=O)c2ccco2)CC1. The van der Waals surface area contributed by atoms with Crippen molar-refractivity contribution in [2.75, 3.05) is 72.1 Å². The van der Waals surface area contributed by atoms with Gasteiger partial charge in [-0.1, -0.05) is 19.1 Å². The van der Waals surface area contributed by atoms with Gasteiger partial charge in [-0.25, -0.2) is 0 Å². The van der Waals surface area contributed by atoms with Gasteiger partial charge >= 0.3 is 0 Å². The summed E-state index contributed by atoms with van der Waals surface area (Å²) < 4.78 is 16.5. The molecule has 3 fully saturated rings. The number of rotatable bonds is 9. The van der Waals surface area contributed by atoms with Crippen molar-refractivity contribution in [2.45, 2.75) is 38.1 Å². The fraction of sp³-hybridized carbons (Fsp3) is 0.487. The quantitative estimate of drug-likeness (QED) is 0.269. The number of piperazine rings is 1. The normalized spacial score (nSPS) is 23.8. The van der Waals surface area contributed by atoms with Crippen LogP contribution in [0.1, 0.15) is 48.0 Å². The van der Waals surface area contributed by atoms with Crippen LogP contribution < -0.4 is 5.32 Å². The minimum Gasteiger partial charge on any atom is -0.464 e. The molecule has 4 aliphatic heterocycles. The van der Waals surface area contributed by atoms with Gasteiger partial charge < -0.3 is 38.6 Å². The summed E-state index contributed by atoms with van der Waals surface area (Å²) in [6.45, 7) is 8.25. The summed E-state index contributed by atoms with van der Waals surface area (Å²) in [4.78, 5) is 67.2. The number of nitrogens with one attached hydrogen (secondary N) is 2. The lowest BCUT2D eigenvalue weighted by molar-refractivity contribution is -0.167. The van der Waals surface area contributed by atoms with Crippen molar-refractivity contribution >= 4 is 34.5 Å². The fourth-order valence-electron chi connectivity index (χ4n) is 8.98. The minimum atomic E-state index is -0.921. The van der Waals surface area contributed by atoms with E-state index in [1.165, 1.54) is 6.26 Å². The number of morpholine rings is 1. The van der Waals surface area contributed by atoms with Gasteiger partial charge in [0.15, 0.2) is 5.76 Å². The zero-order valence-electron chi connectivity index (χ0n) is 29.6. The van der Waals surface area contributed by atoms with Gasteiger partial charge in [-0.05, 0) is 55.2 Å². The van der Waals surface area contributed by atoms with Crippen LogP contribution in [0.25, 0.3) is 22.2 Å². The second-order valence-corrected chi connectivity index (χ2v) is 14.3. The predicted molar refractivity (Wildman–Crippen MR) is 191 cm³/mol. The molecule has 8 rings (SSSR count). The van der Waals surface area contributed by atoms with Crippen molar-refractivity contribution in [1.29, 1.82) is 0 Å². The lowest BCUT2D eigenvalue weighted by atomic mass is 9.65. The number of H-pyrrole nitrogens is 1. The Morgan fingerprint density at radius 2 is 1.71 bits per heavy atom. The number of carbonyl (C=O) groups is 4. The minimum absolute atomic E-state index is 0.0273. The Morgan fingerprint density at radius 3 is 2.44 bits per heavy atom. The van der Waals surface area contributed by atoms with Crippen molar-refractivity contribution in [3.63, 3.8) is 0 Å². The first kappa shape index (κ1) is 34.2. The molecule has 274 valence electrons. The molecule has 0 spiro atoms. The summed E-state index contributed by atoms with van der Waals surface area (Å²) >= 11 is 0. The van der Waals surface area contributed by atoms with Crippen LogP contribution in [0.5, 0.6) is 0 Å². The smallest absolute Gasteiger partial charge is 0.289 e. The molecule has 3 aromatic heterocycles. The number of nitrogens with zero attached hydrogens (tertiary/aromatic N) is 4.